The summed E-state index contributed by atoms with van der Waals surface area (Å²) in [6, 6.07) is 12.4. The van der Waals surface area contributed by atoms with Crippen LogP contribution in [0.3, 0.4) is 0 Å². The fourth-order valence-electron chi connectivity index (χ4n) is 5.59. The molecular formula is C25H27ClN4O4. The van der Waals surface area contributed by atoms with Crippen LogP contribution in [-0.4, -0.2) is 42.9 Å². The van der Waals surface area contributed by atoms with Crippen molar-refractivity contribution in [2.24, 2.45) is 17.8 Å². The first-order chi connectivity index (χ1) is 16.3. The Labute approximate surface area is 203 Å². The third kappa shape index (κ3) is 4.00. The van der Waals surface area contributed by atoms with Crippen molar-refractivity contribution in [1.82, 2.24) is 0 Å². The number of hydrogen-bond donors (Lipinski definition) is 0. The first-order valence-electron chi connectivity index (χ1n) is 11.7. The molecule has 0 spiro atoms. The van der Waals surface area contributed by atoms with Crippen LogP contribution in [0, 0.1) is 27.9 Å². The molecule has 2 aromatic rings. The SMILES string of the molecule is C[C@@H]1CC[C@H]2C(=O)N(c3ccc(N4CCN(c5cccc(Cl)c5)CC4)c([N+](=O)[O-])c3)C(=O)[C@H]2C1. The van der Waals surface area contributed by atoms with Crippen molar-refractivity contribution in [2.75, 3.05) is 40.9 Å². The van der Waals surface area contributed by atoms with Gasteiger partial charge >= 0.3 is 0 Å². The summed E-state index contributed by atoms with van der Waals surface area (Å²) in [6.07, 6.45) is 2.32. The standard InChI is InChI=1S/C25H27ClN4O4/c1-16-5-7-20-21(13-16)25(32)29(24(20)31)19-6-8-22(23(15-19)30(33)34)28-11-9-27(10-12-28)18-4-2-3-17(26)14-18/h2-4,6,8,14-16,20-21H,5,7,9-13H2,1H3/t16-,20-,21+/m1/s1. The van der Waals surface area contributed by atoms with Crippen molar-refractivity contribution in [2.45, 2.75) is 26.2 Å². The van der Waals surface area contributed by atoms with E-state index < -0.39 is 4.92 Å². The summed E-state index contributed by atoms with van der Waals surface area (Å²) in [7, 11) is 0. The summed E-state index contributed by atoms with van der Waals surface area (Å²) in [6.45, 7) is 4.71. The normalized spacial score (nSPS) is 25.0. The van der Waals surface area contributed by atoms with E-state index in [4.69, 9.17) is 11.6 Å². The van der Waals surface area contributed by atoms with E-state index >= 15 is 0 Å². The Balaban J connectivity index is 1.37. The average Bonchev–Trinajstić information content (AvgIpc) is 3.08. The number of amides is 2. The molecule has 2 amide bonds. The summed E-state index contributed by atoms with van der Waals surface area (Å²) < 4.78 is 0. The maximum atomic E-state index is 13.1. The van der Waals surface area contributed by atoms with E-state index in [0.29, 0.717) is 61.3 Å². The molecule has 34 heavy (non-hydrogen) atoms. The van der Waals surface area contributed by atoms with Crippen LogP contribution in [0.5, 0.6) is 0 Å². The first kappa shape index (κ1) is 22.7. The Kier molecular flexibility index (Phi) is 5.93. The lowest BCUT2D eigenvalue weighted by molar-refractivity contribution is -0.384. The zero-order chi connectivity index (χ0) is 24.0. The molecular weight excluding hydrogens is 456 g/mol. The van der Waals surface area contributed by atoms with Crippen LogP contribution in [-0.2, 0) is 9.59 Å². The predicted octanol–water partition coefficient (Wildman–Crippen LogP) is 4.50. The quantitative estimate of drug-likeness (QED) is 0.362. The molecule has 5 rings (SSSR count). The van der Waals surface area contributed by atoms with E-state index in [0.717, 1.165) is 12.1 Å². The third-order valence-corrected chi connectivity index (χ3v) is 7.63. The number of nitro groups is 1. The van der Waals surface area contributed by atoms with Crippen molar-refractivity contribution in [3.05, 3.63) is 57.6 Å². The number of benzene rings is 2. The number of rotatable bonds is 4. The van der Waals surface area contributed by atoms with E-state index in [1.165, 1.54) is 11.0 Å². The molecule has 178 valence electrons. The fraction of sp³-hybridized carbons (Fsp3) is 0.440. The van der Waals surface area contributed by atoms with Gasteiger partial charge in [0.05, 0.1) is 22.4 Å². The summed E-state index contributed by atoms with van der Waals surface area (Å²) in [4.78, 5) is 43.0. The fourth-order valence-corrected chi connectivity index (χ4v) is 5.77. The molecule has 2 heterocycles. The highest BCUT2D eigenvalue weighted by Gasteiger charge is 2.50. The van der Waals surface area contributed by atoms with Crippen LogP contribution in [0.2, 0.25) is 5.02 Å². The van der Waals surface area contributed by atoms with E-state index in [2.05, 4.69) is 11.8 Å². The second kappa shape index (κ2) is 8.91. The van der Waals surface area contributed by atoms with Crippen LogP contribution in [0.1, 0.15) is 26.2 Å². The second-order valence-electron chi connectivity index (χ2n) is 9.53. The molecule has 3 fully saturated rings. The Bertz CT molecular complexity index is 1150. The van der Waals surface area contributed by atoms with E-state index in [-0.39, 0.29) is 29.3 Å². The molecule has 2 aliphatic heterocycles. The van der Waals surface area contributed by atoms with Crippen LogP contribution in [0.15, 0.2) is 42.5 Å². The molecule has 9 heteroatoms. The monoisotopic (exact) mass is 482 g/mol. The summed E-state index contributed by atoms with van der Waals surface area (Å²) in [5.74, 6) is -0.658. The lowest BCUT2D eigenvalue weighted by atomic mass is 9.76. The Morgan fingerprint density at radius 3 is 2.32 bits per heavy atom. The van der Waals surface area contributed by atoms with Crippen LogP contribution < -0.4 is 14.7 Å². The number of anilines is 3. The molecule has 0 bridgehead atoms. The number of carbonyl (C=O) groups excluding carboxylic acids is 2. The Hall–Kier alpha value is -3.13. The van der Waals surface area contributed by atoms with Gasteiger partial charge in [-0.05, 0) is 55.5 Å². The lowest BCUT2D eigenvalue weighted by Gasteiger charge is -2.37. The minimum Gasteiger partial charge on any atom is -0.368 e. The summed E-state index contributed by atoms with van der Waals surface area (Å²) in [5.41, 5.74) is 1.74. The Morgan fingerprint density at radius 2 is 1.62 bits per heavy atom. The highest BCUT2D eigenvalue weighted by molar-refractivity contribution is 6.30. The van der Waals surface area contributed by atoms with Crippen molar-refractivity contribution in [3.63, 3.8) is 0 Å². The molecule has 0 radical (unpaired) electrons. The Morgan fingerprint density at radius 1 is 0.912 bits per heavy atom. The first-order valence-corrected chi connectivity index (χ1v) is 12.1. The molecule has 1 aliphatic carbocycles. The molecule has 0 unspecified atom stereocenters. The van der Waals surface area contributed by atoms with Crippen molar-refractivity contribution in [3.8, 4) is 0 Å². The molecule has 0 N–H and O–H groups in total. The predicted molar refractivity (Wildman–Crippen MR) is 131 cm³/mol. The number of carbonyl (C=O) groups is 2. The van der Waals surface area contributed by atoms with Gasteiger partial charge in [0.25, 0.3) is 5.69 Å². The van der Waals surface area contributed by atoms with Gasteiger partial charge in [0.1, 0.15) is 5.69 Å². The maximum Gasteiger partial charge on any atom is 0.294 e. The minimum absolute atomic E-state index is 0.0856. The summed E-state index contributed by atoms with van der Waals surface area (Å²) >= 11 is 6.12. The van der Waals surface area contributed by atoms with Crippen molar-refractivity contribution in [1.29, 1.82) is 0 Å². The van der Waals surface area contributed by atoms with Gasteiger partial charge in [-0.15, -0.1) is 0 Å². The zero-order valence-corrected chi connectivity index (χ0v) is 19.8. The maximum absolute atomic E-state index is 13.1. The third-order valence-electron chi connectivity index (χ3n) is 7.40. The smallest absolute Gasteiger partial charge is 0.294 e. The number of fused-ring (bicyclic) bond motifs is 1. The van der Waals surface area contributed by atoms with Gasteiger partial charge in [0, 0.05) is 43.0 Å². The van der Waals surface area contributed by atoms with Crippen LogP contribution in [0.25, 0.3) is 0 Å². The van der Waals surface area contributed by atoms with Crippen molar-refractivity contribution < 1.29 is 14.5 Å². The molecule has 8 nitrogen and oxygen atoms in total. The zero-order valence-electron chi connectivity index (χ0n) is 19.0. The van der Waals surface area contributed by atoms with E-state index in [1.807, 2.05) is 29.2 Å². The highest BCUT2D eigenvalue weighted by Crippen LogP contribution is 2.43. The van der Waals surface area contributed by atoms with Gasteiger partial charge in [-0.2, -0.15) is 0 Å². The lowest BCUT2D eigenvalue weighted by Crippen LogP contribution is -2.46. The second-order valence-corrected chi connectivity index (χ2v) is 9.96. The van der Waals surface area contributed by atoms with Gasteiger partial charge in [-0.3, -0.25) is 19.7 Å². The number of nitro benzene ring substituents is 1. The average molecular weight is 483 g/mol. The number of nitrogens with zero attached hydrogens (tertiary/aromatic N) is 4. The van der Waals surface area contributed by atoms with Crippen LogP contribution in [0.4, 0.5) is 22.7 Å². The van der Waals surface area contributed by atoms with E-state index in [9.17, 15) is 19.7 Å². The highest BCUT2D eigenvalue weighted by atomic mass is 35.5. The molecule has 2 saturated heterocycles. The molecule has 0 aromatic heterocycles. The topological polar surface area (TPSA) is 87.0 Å². The van der Waals surface area contributed by atoms with Crippen LogP contribution >= 0.6 is 11.6 Å². The summed E-state index contributed by atoms with van der Waals surface area (Å²) in [5, 5.41) is 12.6. The number of halogens is 1. The number of piperazine rings is 1. The minimum atomic E-state index is -0.428. The van der Waals surface area contributed by atoms with E-state index in [1.54, 1.807) is 12.1 Å². The number of imide groups is 1. The number of hydrogen-bond acceptors (Lipinski definition) is 6. The van der Waals surface area contributed by atoms with Gasteiger partial charge in [-0.25, -0.2) is 4.90 Å². The van der Waals surface area contributed by atoms with Gasteiger partial charge in [0.2, 0.25) is 11.8 Å². The molecule has 1 saturated carbocycles. The van der Waals surface area contributed by atoms with Gasteiger partial charge in [0.15, 0.2) is 0 Å². The van der Waals surface area contributed by atoms with Gasteiger partial charge < -0.3 is 9.80 Å². The largest absolute Gasteiger partial charge is 0.368 e. The molecule has 3 atom stereocenters. The van der Waals surface area contributed by atoms with Crippen molar-refractivity contribution >= 4 is 46.2 Å². The molecule has 3 aliphatic rings. The molecule has 2 aromatic carbocycles. The van der Waals surface area contributed by atoms with Gasteiger partial charge in [-0.1, -0.05) is 24.6 Å².